The first-order valence-electron chi connectivity index (χ1n) is 9.93. The molecule has 0 spiro atoms. The number of carbonyl (C=O) groups is 2. The van der Waals surface area contributed by atoms with Gasteiger partial charge >= 0.3 is 0 Å². The first kappa shape index (κ1) is 22.3. The molecule has 1 N–H and O–H groups in total. The summed E-state index contributed by atoms with van der Waals surface area (Å²) in [5, 5.41) is 3.05. The van der Waals surface area contributed by atoms with Crippen LogP contribution in [-0.4, -0.2) is 50.7 Å². The van der Waals surface area contributed by atoms with Crippen LogP contribution >= 0.6 is 0 Å². The summed E-state index contributed by atoms with van der Waals surface area (Å²) in [6.07, 6.45) is 0.520. The van der Waals surface area contributed by atoms with Crippen LogP contribution in [0.5, 0.6) is 11.5 Å². The molecule has 0 aromatic heterocycles. The van der Waals surface area contributed by atoms with E-state index in [0.717, 1.165) is 0 Å². The average molecular weight is 428 g/mol. The van der Waals surface area contributed by atoms with Crippen molar-refractivity contribution in [2.45, 2.75) is 13.3 Å². The third-order valence-electron chi connectivity index (χ3n) is 4.83. The van der Waals surface area contributed by atoms with Crippen LogP contribution in [0.3, 0.4) is 0 Å². The number of nitrogens with zero attached hydrogens (tertiary/aromatic N) is 1. The highest BCUT2D eigenvalue weighted by Crippen LogP contribution is 2.34. The van der Waals surface area contributed by atoms with Crippen molar-refractivity contribution in [3.8, 4) is 11.5 Å². The number of nitrogens with one attached hydrogen (secondary N) is 1. The molecule has 1 aliphatic rings. The molecule has 0 fully saturated rings. The molecule has 3 rings (SSSR count). The lowest BCUT2D eigenvalue weighted by molar-refractivity contribution is -0.137. The number of hydrogen-bond donors (Lipinski definition) is 1. The molecule has 0 bridgehead atoms. The summed E-state index contributed by atoms with van der Waals surface area (Å²) in [6.45, 7) is 3.11. The standard InChI is InChI=1S/C23H25FN2O5/c1-4-31-13-5-12-26-22(27)20(15-6-8-16(24)9-7-15)21(23(26)28)25-17-10-11-18(29-2)19(14-17)30-3/h6-11,14,25H,4-5,12-13H2,1-3H3. The molecule has 31 heavy (non-hydrogen) atoms. The van der Waals surface area contributed by atoms with Gasteiger partial charge in [-0.05, 0) is 43.2 Å². The van der Waals surface area contributed by atoms with Crippen LogP contribution in [0.15, 0.2) is 48.2 Å². The van der Waals surface area contributed by atoms with Crippen molar-refractivity contribution < 1.29 is 28.2 Å². The van der Waals surface area contributed by atoms with Gasteiger partial charge in [-0.1, -0.05) is 12.1 Å². The lowest BCUT2D eigenvalue weighted by Crippen LogP contribution is -2.34. The summed E-state index contributed by atoms with van der Waals surface area (Å²) in [6, 6.07) is 10.6. The van der Waals surface area contributed by atoms with Gasteiger partial charge in [0.2, 0.25) is 0 Å². The quantitative estimate of drug-likeness (QED) is 0.461. The number of hydrogen-bond acceptors (Lipinski definition) is 6. The number of rotatable bonds is 10. The Kier molecular flexibility index (Phi) is 7.25. The molecule has 0 saturated carbocycles. The number of methoxy groups -OCH3 is 2. The van der Waals surface area contributed by atoms with Crippen LogP contribution in [0.25, 0.3) is 5.57 Å². The molecule has 0 unspecified atom stereocenters. The van der Waals surface area contributed by atoms with E-state index in [-0.39, 0.29) is 17.8 Å². The van der Waals surface area contributed by atoms with Gasteiger partial charge in [0.1, 0.15) is 11.5 Å². The molecular weight excluding hydrogens is 403 g/mol. The second kappa shape index (κ2) is 10.1. The van der Waals surface area contributed by atoms with E-state index >= 15 is 0 Å². The van der Waals surface area contributed by atoms with Crippen LogP contribution in [0.2, 0.25) is 0 Å². The number of halogens is 1. The fourth-order valence-corrected chi connectivity index (χ4v) is 3.31. The molecule has 1 aliphatic heterocycles. The Balaban J connectivity index is 1.96. The highest BCUT2D eigenvalue weighted by atomic mass is 19.1. The zero-order chi connectivity index (χ0) is 22.4. The topological polar surface area (TPSA) is 77.1 Å². The van der Waals surface area contributed by atoms with E-state index in [0.29, 0.717) is 42.4 Å². The number of ether oxygens (including phenoxy) is 3. The Morgan fingerprint density at radius 3 is 2.32 bits per heavy atom. The fourth-order valence-electron chi connectivity index (χ4n) is 3.31. The van der Waals surface area contributed by atoms with E-state index in [4.69, 9.17) is 14.2 Å². The Morgan fingerprint density at radius 1 is 0.968 bits per heavy atom. The molecule has 2 amide bonds. The molecule has 164 valence electrons. The molecule has 0 aliphatic carbocycles. The Labute approximate surface area is 180 Å². The number of imide groups is 1. The van der Waals surface area contributed by atoms with Crippen LogP contribution < -0.4 is 14.8 Å². The maximum absolute atomic E-state index is 13.4. The normalized spacial score (nSPS) is 13.7. The summed E-state index contributed by atoms with van der Waals surface area (Å²) < 4.78 is 29.3. The Bertz CT molecular complexity index is 988. The van der Waals surface area contributed by atoms with E-state index in [1.54, 1.807) is 18.2 Å². The SMILES string of the molecule is CCOCCCN1C(=O)C(Nc2ccc(OC)c(OC)c2)=C(c2ccc(F)cc2)C1=O. The third kappa shape index (κ3) is 4.86. The van der Waals surface area contributed by atoms with Gasteiger partial charge in [0.25, 0.3) is 11.8 Å². The molecule has 1 heterocycles. The van der Waals surface area contributed by atoms with Gasteiger partial charge in [-0.15, -0.1) is 0 Å². The monoisotopic (exact) mass is 428 g/mol. The Morgan fingerprint density at radius 2 is 1.68 bits per heavy atom. The second-order valence-electron chi connectivity index (χ2n) is 6.76. The predicted octanol–water partition coefficient (Wildman–Crippen LogP) is 3.46. The number of benzene rings is 2. The summed E-state index contributed by atoms with van der Waals surface area (Å²) in [5.74, 6) is -0.301. The van der Waals surface area contributed by atoms with Gasteiger partial charge in [-0.3, -0.25) is 14.5 Å². The molecular formula is C23H25FN2O5. The highest BCUT2D eigenvalue weighted by Gasteiger charge is 2.39. The minimum Gasteiger partial charge on any atom is -0.493 e. The van der Waals surface area contributed by atoms with Gasteiger partial charge < -0.3 is 19.5 Å². The molecule has 7 nitrogen and oxygen atoms in total. The molecule has 0 radical (unpaired) electrons. The van der Waals surface area contributed by atoms with Gasteiger partial charge in [0.05, 0.1) is 19.8 Å². The van der Waals surface area contributed by atoms with Crippen molar-refractivity contribution in [1.29, 1.82) is 0 Å². The van der Waals surface area contributed by atoms with E-state index < -0.39 is 17.6 Å². The first-order chi connectivity index (χ1) is 15.0. The fraction of sp³-hybridized carbons (Fsp3) is 0.304. The van der Waals surface area contributed by atoms with Gasteiger partial charge in [-0.25, -0.2) is 4.39 Å². The summed E-state index contributed by atoms with van der Waals surface area (Å²) in [7, 11) is 3.04. The van der Waals surface area contributed by atoms with Gasteiger partial charge in [0, 0.05) is 31.5 Å². The van der Waals surface area contributed by atoms with Gasteiger partial charge in [-0.2, -0.15) is 0 Å². The molecule has 2 aromatic carbocycles. The van der Waals surface area contributed by atoms with Crippen LogP contribution in [0.4, 0.5) is 10.1 Å². The minimum atomic E-state index is -0.449. The second-order valence-corrected chi connectivity index (χ2v) is 6.76. The van der Waals surface area contributed by atoms with Crippen LogP contribution in [0, 0.1) is 5.82 Å². The van der Waals surface area contributed by atoms with Gasteiger partial charge in [0.15, 0.2) is 11.5 Å². The third-order valence-corrected chi connectivity index (χ3v) is 4.83. The number of anilines is 1. The zero-order valence-electron chi connectivity index (χ0n) is 17.7. The maximum atomic E-state index is 13.4. The summed E-state index contributed by atoms with van der Waals surface area (Å²) in [4.78, 5) is 27.4. The van der Waals surface area contributed by atoms with Crippen molar-refractivity contribution in [3.05, 3.63) is 59.5 Å². The van der Waals surface area contributed by atoms with E-state index in [2.05, 4.69) is 5.32 Å². The van der Waals surface area contributed by atoms with Crippen molar-refractivity contribution in [2.75, 3.05) is 39.3 Å². The summed E-state index contributed by atoms with van der Waals surface area (Å²) >= 11 is 0. The van der Waals surface area contributed by atoms with E-state index in [9.17, 15) is 14.0 Å². The van der Waals surface area contributed by atoms with Crippen molar-refractivity contribution in [3.63, 3.8) is 0 Å². The van der Waals surface area contributed by atoms with Crippen molar-refractivity contribution >= 4 is 23.1 Å². The predicted molar refractivity (Wildman–Crippen MR) is 114 cm³/mol. The molecule has 2 aromatic rings. The van der Waals surface area contributed by atoms with Crippen LogP contribution in [-0.2, 0) is 14.3 Å². The first-order valence-corrected chi connectivity index (χ1v) is 9.93. The molecule has 0 atom stereocenters. The van der Waals surface area contributed by atoms with Crippen molar-refractivity contribution in [1.82, 2.24) is 4.90 Å². The van der Waals surface area contributed by atoms with Crippen LogP contribution in [0.1, 0.15) is 18.9 Å². The number of carbonyl (C=O) groups excluding carboxylic acids is 2. The van der Waals surface area contributed by atoms with Crippen molar-refractivity contribution in [2.24, 2.45) is 0 Å². The minimum absolute atomic E-state index is 0.125. The zero-order valence-corrected chi connectivity index (χ0v) is 17.7. The smallest absolute Gasteiger partial charge is 0.278 e. The highest BCUT2D eigenvalue weighted by molar-refractivity contribution is 6.36. The maximum Gasteiger partial charge on any atom is 0.278 e. The molecule has 0 saturated heterocycles. The lowest BCUT2D eigenvalue weighted by Gasteiger charge is -2.15. The molecule has 8 heteroatoms. The summed E-state index contributed by atoms with van der Waals surface area (Å²) in [5.41, 5.74) is 1.32. The van der Waals surface area contributed by atoms with E-state index in [1.165, 1.54) is 43.4 Å². The average Bonchev–Trinajstić information content (AvgIpc) is 3.01. The Hall–Kier alpha value is -3.39. The number of amides is 2. The lowest BCUT2D eigenvalue weighted by atomic mass is 10.0. The van der Waals surface area contributed by atoms with E-state index in [1.807, 2.05) is 6.92 Å². The largest absolute Gasteiger partial charge is 0.493 e.